The average Bonchev–Trinajstić information content (AvgIpc) is 2.29. The highest BCUT2D eigenvalue weighted by Crippen LogP contribution is 2.25. The summed E-state index contributed by atoms with van der Waals surface area (Å²) in [4.78, 5) is 13.3. The zero-order valence-electron chi connectivity index (χ0n) is 10.5. The van der Waals surface area contributed by atoms with E-state index in [1.807, 2.05) is 18.7 Å². The number of ketones is 1. The Labute approximate surface area is 101 Å². The smallest absolute Gasteiger partial charge is 0.163 e. The summed E-state index contributed by atoms with van der Waals surface area (Å²) in [5.41, 5.74) is 0.506. The molecule has 94 valence electrons. The Kier molecular flexibility index (Phi) is 4.63. The highest BCUT2D eigenvalue weighted by Gasteiger charge is 2.15. The van der Waals surface area contributed by atoms with E-state index < -0.39 is 5.82 Å². The van der Waals surface area contributed by atoms with Gasteiger partial charge >= 0.3 is 0 Å². The van der Waals surface area contributed by atoms with Crippen molar-refractivity contribution in [3.8, 4) is 5.75 Å². The van der Waals surface area contributed by atoms with Crippen LogP contribution in [0.5, 0.6) is 5.75 Å². The lowest BCUT2D eigenvalue weighted by molar-refractivity contribution is 0.101. The molecule has 0 aromatic heterocycles. The number of rotatable bonds is 5. The van der Waals surface area contributed by atoms with Gasteiger partial charge in [-0.25, -0.2) is 4.39 Å². The van der Waals surface area contributed by atoms with Gasteiger partial charge in [0, 0.05) is 12.1 Å². The lowest BCUT2D eigenvalue weighted by atomic mass is 10.0. The molecule has 0 amide bonds. The van der Waals surface area contributed by atoms with E-state index in [0.29, 0.717) is 12.1 Å². The first-order valence-electron chi connectivity index (χ1n) is 5.74. The summed E-state index contributed by atoms with van der Waals surface area (Å²) < 4.78 is 13.3. The second-order valence-corrected chi connectivity index (χ2v) is 3.98. The van der Waals surface area contributed by atoms with E-state index in [9.17, 15) is 14.3 Å². The largest absolute Gasteiger partial charge is 0.507 e. The molecule has 0 saturated carbocycles. The molecule has 3 nitrogen and oxygen atoms in total. The fourth-order valence-corrected chi connectivity index (χ4v) is 1.73. The molecule has 0 heterocycles. The first-order valence-corrected chi connectivity index (χ1v) is 5.74. The quantitative estimate of drug-likeness (QED) is 0.803. The maximum Gasteiger partial charge on any atom is 0.163 e. The van der Waals surface area contributed by atoms with Crippen LogP contribution in [0.2, 0.25) is 0 Å². The third-order valence-corrected chi connectivity index (χ3v) is 2.82. The Balaban J connectivity index is 3.11. The molecule has 0 fully saturated rings. The Hall–Kier alpha value is -1.42. The van der Waals surface area contributed by atoms with E-state index in [4.69, 9.17) is 0 Å². The number of halogens is 1. The standard InChI is InChI=1S/C13H18FNO2/c1-4-15(5-2)8-10-6-11(14)7-12(9(3)16)13(10)17/h6-7,17H,4-5,8H2,1-3H3. The SMILES string of the molecule is CCN(CC)Cc1cc(F)cc(C(C)=O)c1O. The van der Waals surface area contributed by atoms with Crippen LogP contribution in [-0.4, -0.2) is 28.9 Å². The second-order valence-electron chi connectivity index (χ2n) is 3.98. The minimum Gasteiger partial charge on any atom is -0.507 e. The molecule has 17 heavy (non-hydrogen) atoms. The zero-order valence-corrected chi connectivity index (χ0v) is 10.5. The Bertz CT molecular complexity index is 414. The van der Waals surface area contributed by atoms with Crippen molar-refractivity contribution in [2.45, 2.75) is 27.3 Å². The van der Waals surface area contributed by atoms with Gasteiger partial charge in [0.1, 0.15) is 11.6 Å². The molecule has 0 spiro atoms. The monoisotopic (exact) mass is 239 g/mol. The van der Waals surface area contributed by atoms with E-state index in [1.165, 1.54) is 13.0 Å². The van der Waals surface area contributed by atoms with Crippen molar-refractivity contribution in [2.75, 3.05) is 13.1 Å². The van der Waals surface area contributed by atoms with Crippen LogP contribution in [-0.2, 0) is 6.54 Å². The van der Waals surface area contributed by atoms with Gasteiger partial charge < -0.3 is 5.11 Å². The molecule has 0 unspecified atom stereocenters. The summed E-state index contributed by atoms with van der Waals surface area (Å²) in [5, 5.41) is 9.91. The molecular formula is C13H18FNO2. The van der Waals surface area contributed by atoms with Gasteiger partial charge in [0.15, 0.2) is 5.78 Å². The summed E-state index contributed by atoms with van der Waals surface area (Å²) in [6.45, 7) is 7.35. The number of phenolic OH excluding ortho intramolecular Hbond substituents is 1. The van der Waals surface area contributed by atoms with Crippen LogP contribution in [0, 0.1) is 5.82 Å². The molecule has 0 bridgehead atoms. The van der Waals surface area contributed by atoms with Crippen molar-refractivity contribution >= 4 is 5.78 Å². The molecule has 0 aliphatic heterocycles. The van der Waals surface area contributed by atoms with Crippen molar-refractivity contribution in [2.24, 2.45) is 0 Å². The van der Waals surface area contributed by atoms with Gasteiger partial charge in [0.2, 0.25) is 0 Å². The Morgan fingerprint density at radius 3 is 2.41 bits per heavy atom. The molecule has 0 aliphatic carbocycles. The number of carbonyl (C=O) groups is 1. The Morgan fingerprint density at radius 1 is 1.35 bits per heavy atom. The highest BCUT2D eigenvalue weighted by atomic mass is 19.1. The lowest BCUT2D eigenvalue weighted by Gasteiger charge is -2.19. The molecule has 1 aromatic carbocycles. The van der Waals surface area contributed by atoms with E-state index in [0.717, 1.165) is 19.2 Å². The number of carbonyl (C=O) groups excluding carboxylic acids is 1. The molecule has 1 N–H and O–H groups in total. The van der Waals surface area contributed by atoms with Crippen LogP contribution in [0.1, 0.15) is 36.7 Å². The number of hydrogen-bond donors (Lipinski definition) is 1. The van der Waals surface area contributed by atoms with Gasteiger partial charge in [0.25, 0.3) is 0 Å². The third kappa shape index (κ3) is 3.27. The average molecular weight is 239 g/mol. The predicted molar refractivity (Wildman–Crippen MR) is 64.7 cm³/mol. The maximum absolute atomic E-state index is 13.3. The molecule has 0 radical (unpaired) electrons. The van der Waals surface area contributed by atoms with E-state index in [2.05, 4.69) is 0 Å². The minimum atomic E-state index is -0.491. The molecule has 0 atom stereocenters. The number of Topliss-reactive ketones (excluding diaryl/α,β-unsaturated/α-hetero) is 1. The second kappa shape index (κ2) is 5.77. The van der Waals surface area contributed by atoms with Crippen LogP contribution in [0.15, 0.2) is 12.1 Å². The van der Waals surface area contributed by atoms with Crippen molar-refractivity contribution in [3.63, 3.8) is 0 Å². The Morgan fingerprint density at radius 2 is 1.94 bits per heavy atom. The number of benzene rings is 1. The van der Waals surface area contributed by atoms with Crippen molar-refractivity contribution in [1.29, 1.82) is 0 Å². The van der Waals surface area contributed by atoms with Crippen LogP contribution >= 0.6 is 0 Å². The van der Waals surface area contributed by atoms with E-state index in [1.54, 1.807) is 0 Å². The molecule has 4 heteroatoms. The van der Waals surface area contributed by atoms with Crippen LogP contribution in [0.4, 0.5) is 4.39 Å². The van der Waals surface area contributed by atoms with E-state index >= 15 is 0 Å². The van der Waals surface area contributed by atoms with Crippen LogP contribution in [0.25, 0.3) is 0 Å². The fourth-order valence-electron chi connectivity index (χ4n) is 1.73. The van der Waals surface area contributed by atoms with Gasteiger partial charge in [-0.3, -0.25) is 9.69 Å². The fraction of sp³-hybridized carbons (Fsp3) is 0.462. The summed E-state index contributed by atoms with van der Waals surface area (Å²) in [6, 6.07) is 2.35. The third-order valence-electron chi connectivity index (χ3n) is 2.82. The molecule has 0 aliphatic rings. The van der Waals surface area contributed by atoms with Crippen LogP contribution < -0.4 is 0 Å². The normalized spacial score (nSPS) is 10.9. The summed E-state index contributed by atoms with van der Waals surface area (Å²) in [6.07, 6.45) is 0. The minimum absolute atomic E-state index is 0.0483. The van der Waals surface area contributed by atoms with Crippen molar-refractivity contribution in [3.05, 3.63) is 29.1 Å². The number of hydrogen-bond acceptors (Lipinski definition) is 3. The predicted octanol–water partition coefficient (Wildman–Crippen LogP) is 2.58. The van der Waals surface area contributed by atoms with Gasteiger partial charge in [-0.05, 0) is 32.1 Å². The highest BCUT2D eigenvalue weighted by molar-refractivity contribution is 5.97. The van der Waals surface area contributed by atoms with Crippen molar-refractivity contribution in [1.82, 2.24) is 4.90 Å². The van der Waals surface area contributed by atoms with Gasteiger partial charge in [-0.2, -0.15) is 0 Å². The van der Waals surface area contributed by atoms with E-state index in [-0.39, 0.29) is 17.1 Å². The summed E-state index contributed by atoms with van der Waals surface area (Å²) >= 11 is 0. The van der Waals surface area contributed by atoms with Crippen LogP contribution in [0.3, 0.4) is 0 Å². The van der Waals surface area contributed by atoms with Gasteiger partial charge in [-0.15, -0.1) is 0 Å². The van der Waals surface area contributed by atoms with Gasteiger partial charge in [-0.1, -0.05) is 13.8 Å². The maximum atomic E-state index is 13.3. The summed E-state index contributed by atoms with van der Waals surface area (Å²) in [5.74, 6) is -0.927. The summed E-state index contributed by atoms with van der Waals surface area (Å²) in [7, 11) is 0. The van der Waals surface area contributed by atoms with Crippen molar-refractivity contribution < 1.29 is 14.3 Å². The first kappa shape index (κ1) is 13.6. The number of nitrogens with zero attached hydrogens (tertiary/aromatic N) is 1. The first-order chi connectivity index (χ1) is 7.99. The van der Waals surface area contributed by atoms with Gasteiger partial charge in [0.05, 0.1) is 5.56 Å². The molecule has 1 aromatic rings. The lowest BCUT2D eigenvalue weighted by Crippen LogP contribution is -2.22. The number of phenols is 1. The molecular weight excluding hydrogens is 221 g/mol. The molecule has 1 rings (SSSR count). The molecule has 0 saturated heterocycles. The zero-order chi connectivity index (χ0) is 13.0. The number of aromatic hydroxyl groups is 1. The topological polar surface area (TPSA) is 40.5 Å².